The van der Waals surface area contributed by atoms with Crippen molar-refractivity contribution in [1.29, 1.82) is 5.26 Å². The Balaban J connectivity index is 2.84. The van der Waals surface area contributed by atoms with Crippen LogP contribution in [0.1, 0.15) is 19.8 Å². The lowest BCUT2D eigenvalue weighted by atomic mass is 10.4. The van der Waals surface area contributed by atoms with Crippen LogP contribution < -0.4 is 5.73 Å². The minimum Gasteiger partial charge on any atom is -0.462 e. The van der Waals surface area contributed by atoms with E-state index in [1.807, 2.05) is 10.3 Å². The molecule has 2 N–H and O–H groups in total. The third-order valence-electron chi connectivity index (χ3n) is 2.29. The van der Waals surface area contributed by atoms with E-state index in [0.29, 0.717) is 5.82 Å². The van der Waals surface area contributed by atoms with Crippen molar-refractivity contribution in [2.24, 2.45) is 5.73 Å². The minimum absolute atomic E-state index is 0.200. The van der Waals surface area contributed by atoms with Crippen molar-refractivity contribution >= 4 is 17.7 Å². The van der Waals surface area contributed by atoms with Gasteiger partial charge in [0.25, 0.3) is 0 Å². The summed E-state index contributed by atoms with van der Waals surface area (Å²) in [5.74, 6) is -0.152. The summed E-state index contributed by atoms with van der Waals surface area (Å²) in [6.45, 7) is 3.67. The molecule has 0 aliphatic carbocycles. The number of nitrogens with zero attached hydrogens (tertiary/aromatic N) is 2. The Morgan fingerprint density at radius 1 is 1.56 bits per heavy atom. The van der Waals surface area contributed by atoms with Crippen LogP contribution in [0.15, 0.2) is 10.7 Å². The molecule has 1 heterocycles. The van der Waals surface area contributed by atoms with Gasteiger partial charge in [-0.05, 0) is 19.8 Å². The fourth-order valence-corrected chi connectivity index (χ4v) is 2.01. The van der Waals surface area contributed by atoms with E-state index in [1.165, 1.54) is 0 Å². The van der Waals surface area contributed by atoms with Crippen molar-refractivity contribution in [2.45, 2.75) is 19.8 Å². The SMILES string of the molecule is CCOC(=O)C(SC#N)=C(N)N1CCCC1. The van der Waals surface area contributed by atoms with Gasteiger partial charge >= 0.3 is 5.97 Å². The molecule has 0 radical (unpaired) electrons. The number of rotatable bonds is 4. The Morgan fingerprint density at radius 2 is 2.19 bits per heavy atom. The Kier molecular flexibility index (Phi) is 4.99. The van der Waals surface area contributed by atoms with Gasteiger partial charge in [-0.3, -0.25) is 0 Å². The predicted octanol–water partition coefficient (Wildman–Crippen LogP) is 0.987. The summed E-state index contributed by atoms with van der Waals surface area (Å²) in [6.07, 6.45) is 2.13. The number of thiocyanates is 1. The van der Waals surface area contributed by atoms with E-state index in [2.05, 4.69) is 0 Å². The highest BCUT2D eigenvalue weighted by atomic mass is 32.2. The lowest BCUT2D eigenvalue weighted by Crippen LogP contribution is -2.27. The lowest BCUT2D eigenvalue weighted by Gasteiger charge is -2.19. The molecule has 0 bridgehead atoms. The molecule has 88 valence electrons. The highest BCUT2D eigenvalue weighted by molar-refractivity contribution is 8.08. The predicted molar refractivity (Wildman–Crippen MR) is 61.9 cm³/mol. The number of carbonyl (C=O) groups is 1. The lowest BCUT2D eigenvalue weighted by molar-refractivity contribution is -0.137. The first-order chi connectivity index (χ1) is 7.70. The van der Waals surface area contributed by atoms with Crippen molar-refractivity contribution in [2.75, 3.05) is 19.7 Å². The largest absolute Gasteiger partial charge is 0.462 e. The number of esters is 1. The van der Waals surface area contributed by atoms with Crippen molar-refractivity contribution in [3.8, 4) is 5.40 Å². The zero-order valence-electron chi connectivity index (χ0n) is 9.23. The summed E-state index contributed by atoms with van der Waals surface area (Å²) in [7, 11) is 0. The van der Waals surface area contributed by atoms with Crippen molar-refractivity contribution in [3.05, 3.63) is 10.7 Å². The maximum absolute atomic E-state index is 11.6. The number of hydrogen-bond acceptors (Lipinski definition) is 6. The van der Waals surface area contributed by atoms with Crippen LogP contribution in [0.2, 0.25) is 0 Å². The van der Waals surface area contributed by atoms with Crippen molar-refractivity contribution in [1.82, 2.24) is 4.90 Å². The molecule has 16 heavy (non-hydrogen) atoms. The average Bonchev–Trinajstić information content (AvgIpc) is 2.78. The van der Waals surface area contributed by atoms with Gasteiger partial charge < -0.3 is 15.4 Å². The van der Waals surface area contributed by atoms with Gasteiger partial charge in [-0.2, -0.15) is 5.26 Å². The molecule has 0 unspecified atom stereocenters. The summed E-state index contributed by atoms with van der Waals surface area (Å²) in [6, 6.07) is 0. The maximum Gasteiger partial charge on any atom is 0.349 e. The van der Waals surface area contributed by atoms with E-state index in [0.717, 1.165) is 37.7 Å². The van der Waals surface area contributed by atoms with Crippen LogP contribution in [-0.4, -0.2) is 30.6 Å². The van der Waals surface area contributed by atoms with E-state index >= 15 is 0 Å². The van der Waals surface area contributed by atoms with Gasteiger partial charge in [-0.25, -0.2) is 4.79 Å². The number of ether oxygens (including phenoxy) is 1. The second-order valence-corrected chi connectivity index (χ2v) is 4.12. The number of likely N-dealkylation sites (tertiary alicyclic amines) is 1. The van der Waals surface area contributed by atoms with Gasteiger partial charge in [0.2, 0.25) is 0 Å². The van der Waals surface area contributed by atoms with Crippen molar-refractivity contribution < 1.29 is 9.53 Å². The first kappa shape index (κ1) is 12.7. The molecular formula is C10H15N3O2S. The molecule has 0 atom stereocenters. The average molecular weight is 241 g/mol. The molecule has 6 heteroatoms. The fourth-order valence-electron chi connectivity index (χ4n) is 1.54. The van der Waals surface area contributed by atoms with Crippen LogP contribution in [0, 0.1) is 10.7 Å². The molecule has 1 fully saturated rings. The summed E-state index contributed by atoms with van der Waals surface area (Å²) < 4.78 is 4.86. The molecule has 0 aromatic rings. The summed E-state index contributed by atoms with van der Waals surface area (Å²) in [5.41, 5.74) is 5.87. The number of nitrogens with two attached hydrogens (primary N) is 1. The van der Waals surface area contributed by atoms with E-state index in [9.17, 15) is 4.79 Å². The summed E-state index contributed by atoms with van der Waals surface area (Å²) >= 11 is 0.763. The van der Waals surface area contributed by atoms with Crippen LogP contribution >= 0.6 is 11.8 Å². The molecule has 0 aromatic heterocycles. The van der Waals surface area contributed by atoms with Gasteiger partial charge in [-0.1, -0.05) is 0 Å². The number of carbonyl (C=O) groups excluding carboxylic acids is 1. The molecule has 5 nitrogen and oxygen atoms in total. The first-order valence-electron chi connectivity index (χ1n) is 5.18. The molecule has 1 aliphatic rings. The zero-order chi connectivity index (χ0) is 12.0. The number of nitriles is 1. The Labute approximate surface area is 99.2 Å². The number of thioether (sulfide) groups is 1. The Morgan fingerprint density at radius 3 is 2.69 bits per heavy atom. The molecule has 1 aliphatic heterocycles. The first-order valence-corrected chi connectivity index (χ1v) is 6.00. The minimum atomic E-state index is -0.515. The van der Waals surface area contributed by atoms with Crippen LogP contribution in [0.5, 0.6) is 0 Å². The molecule has 1 saturated heterocycles. The molecule has 0 saturated carbocycles. The van der Waals surface area contributed by atoms with Gasteiger partial charge in [0, 0.05) is 24.9 Å². The molecule has 0 aromatic carbocycles. The smallest absolute Gasteiger partial charge is 0.349 e. The Bertz CT molecular complexity index is 329. The van der Waals surface area contributed by atoms with Crippen LogP contribution in [0.4, 0.5) is 0 Å². The zero-order valence-corrected chi connectivity index (χ0v) is 10.0. The highest BCUT2D eigenvalue weighted by Crippen LogP contribution is 2.22. The van der Waals surface area contributed by atoms with Crippen LogP contribution in [0.3, 0.4) is 0 Å². The van der Waals surface area contributed by atoms with Gasteiger partial charge in [0.1, 0.15) is 16.1 Å². The molecule has 1 rings (SSSR count). The normalized spacial score (nSPS) is 16.6. The van der Waals surface area contributed by atoms with Gasteiger partial charge in [0.05, 0.1) is 6.61 Å². The number of hydrogen-bond donors (Lipinski definition) is 1. The van der Waals surface area contributed by atoms with E-state index < -0.39 is 5.97 Å². The monoisotopic (exact) mass is 241 g/mol. The van der Waals surface area contributed by atoms with E-state index in [1.54, 1.807) is 6.92 Å². The van der Waals surface area contributed by atoms with Gasteiger partial charge in [-0.15, -0.1) is 0 Å². The van der Waals surface area contributed by atoms with Gasteiger partial charge in [0.15, 0.2) is 0 Å². The van der Waals surface area contributed by atoms with Crippen LogP contribution in [0.25, 0.3) is 0 Å². The second-order valence-electron chi connectivity index (χ2n) is 3.32. The quantitative estimate of drug-likeness (QED) is 0.449. The topological polar surface area (TPSA) is 79.3 Å². The summed E-state index contributed by atoms with van der Waals surface area (Å²) in [4.78, 5) is 13.7. The Hall–Kier alpha value is -1.35. The van der Waals surface area contributed by atoms with Crippen molar-refractivity contribution in [3.63, 3.8) is 0 Å². The van der Waals surface area contributed by atoms with Crippen LogP contribution in [-0.2, 0) is 9.53 Å². The summed E-state index contributed by atoms with van der Waals surface area (Å²) in [5, 5.41) is 10.5. The van der Waals surface area contributed by atoms with E-state index in [4.69, 9.17) is 15.7 Å². The highest BCUT2D eigenvalue weighted by Gasteiger charge is 2.22. The third-order valence-corrected chi connectivity index (χ3v) is 2.96. The molecule has 0 amide bonds. The van der Waals surface area contributed by atoms with E-state index in [-0.39, 0.29) is 11.5 Å². The second kappa shape index (κ2) is 6.28. The maximum atomic E-state index is 11.6. The fraction of sp³-hybridized carbons (Fsp3) is 0.600. The standard InChI is InChI=1S/C10H15N3O2S/c1-2-15-10(14)8(16-7-11)9(12)13-5-3-4-6-13/h2-6,12H2,1H3. The third kappa shape index (κ3) is 3.07. The molecular weight excluding hydrogens is 226 g/mol. The molecule has 0 spiro atoms.